The molecule has 0 aromatic heterocycles. The summed E-state index contributed by atoms with van der Waals surface area (Å²) in [6.45, 7) is 20.2. The zero-order valence-electron chi connectivity index (χ0n) is 22.8. The molecule has 0 radical (unpaired) electrons. The van der Waals surface area contributed by atoms with E-state index < -0.39 is 6.10 Å². The minimum absolute atomic E-state index is 0.185. The molecule has 1 atom stereocenters. The summed E-state index contributed by atoms with van der Waals surface area (Å²) in [7, 11) is 0. The number of aromatic hydroxyl groups is 2. The number of phenolic OH excluding ortho intramolecular Hbond substituents is 2. The smallest absolute Gasteiger partial charge is 0.161 e. The molecule has 0 aliphatic heterocycles. The molecule has 4 heteroatoms. The Morgan fingerprint density at radius 1 is 0.735 bits per heavy atom. The molecule has 4 nitrogen and oxygen atoms in total. The van der Waals surface area contributed by atoms with Gasteiger partial charge in [-0.2, -0.15) is 0 Å². The highest BCUT2D eigenvalue weighted by molar-refractivity contribution is 5.82. The number of aliphatic hydroxyl groups excluding tert-OH is 1. The van der Waals surface area contributed by atoms with Gasteiger partial charge < -0.3 is 15.3 Å². The van der Waals surface area contributed by atoms with Crippen LogP contribution in [0.1, 0.15) is 109 Å². The molecule has 34 heavy (non-hydrogen) atoms. The number of rotatable bonds is 6. The second-order valence-electron chi connectivity index (χ2n) is 12.8. The summed E-state index contributed by atoms with van der Waals surface area (Å²) >= 11 is 0. The summed E-state index contributed by atoms with van der Waals surface area (Å²) in [4.78, 5) is 12.0. The molecular weight excluding hydrogens is 424 g/mol. The molecule has 2 aromatic carbocycles. The van der Waals surface area contributed by atoms with E-state index >= 15 is 0 Å². The van der Waals surface area contributed by atoms with Gasteiger partial charge in [0.2, 0.25) is 0 Å². The molecule has 0 aliphatic carbocycles. The first-order valence-electron chi connectivity index (χ1n) is 12.2. The van der Waals surface area contributed by atoms with Gasteiger partial charge in [-0.1, -0.05) is 86.6 Å². The number of hydrogen-bond acceptors (Lipinski definition) is 4. The van der Waals surface area contributed by atoms with Crippen LogP contribution in [0, 0.1) is 0 Å². The van der Waals surface area contributed by atoms with Gasteiger partial charge in [0.15, 0.2) is 5.78 Å². The van der Waals surface area contributed by atoms with E-state index in [0.717, 1.165) is 33.4 Å². The average molecular weight is 469 g/mol. The highest BCUT2D eigenvalue weighted by atomic mass is 16.3. The van der Waals surface area contributed by atoms with Crippen LogP contribution in [0.3, 0.4) is 0 Å². The summed E-state index contributed by atoms with van der Waals surface area (Å²) < 4.78 is 0. The summed E-state index contributed by atoms with van der Waals surface area (Å²) in [5, 5.41) is 31.9. The summed E-state index contributed by atoms with van der Waals surface area (Å²) in [6, 6.07) is 8.04. The van der Waals surface area contributed by atoms with Gasteiger partial charge in [-0.15, -0.1) is 0 Å². The first-order chi connectivity index (χ1) is 15.3. The zero-order chi connectivity index (χ0) is 26.2. The Balaban J connectivity index is 2.63. The number of benzene rings is 2. The Hall–Kier alpha value is -2.33. The Kier molecular flexibility index (Phi) is 7.99. The van der Waals surface area contributed by atoms with E-state index in [4.69, 9.17) is 0 Å². The van der Waals surface area contributed by atoms with Crippen molar-refractivity contribution in [3.8, 4) is 11.5 Å². The van der Waals surface area contributed by atoms with E-state index in [1.165, 1.54) is 6.92 Å². The molecule has 0 saturated carbocycles. The fourth-order valence-electron chi connectivity index (χ4n) is 4.25. The highest BCUT2D eigenvalue weighted by Crippen LogP contribution is 2.41. The lowest BCUT2D eigenvalue weighted by Crippen LogP contribution is -2.18. The van der Waals surface area contributed by atoms with Crippen LogP contribution in [0.4, 0.5) is 0 Å². The van der Waals surface area contributed by atoms with Crippen LogP contribution in [0.2, 0.25) is 0 Å². The molecule has 0 saturated heterocycles. The van der Waals surface area contributed by atoms with Crippen molar-refractivity contribution < 1.29 is 20.1 Å². The SMILES string of the molecule is CC(O)C(=O)CCc1cc(Cc2cc(C(C)(C)C)c(O)c(C(C)(C)C)c2)c(O)c(C(C)(C)C)c1. The normalized spacial score (nSPS) is 13.7. The predicted molar refractivity (Wildman–Crippen MR) is 140 cm³/mol. The van der Waals surface area contributed by atoms with E-state index in [2.05, 4.69) is 62.3 Å². The van der Waals surface area contributed by atoms with E-state index in [-0.39, 0.29) is 34.2 Å². The number of ketones is 1. The second kappa shape index (κ2) is 9.73. The van der Waals surface area contributed by atoms with Crippen LogP contribution in [0.15, 0.2) is 24.3 Å². The Morgan fingerprint density at radius 3 is 1.56 bits per heavy atom. The third-order valence-corrected chi connectivity index (χ3v) is 6.36. The Bertz CT molecular complexity index is 1010. The van der Waals surface area contributed by atoms with Crippen molar-refractivity contribution in [2.75, 3.05) is 0 Å². The molecule has 0 heterocycles. The lowest BCUT2D eigenvalue weighted by Gasteiger charge is -2.28. The molecular formula is C30H44O4. The summed E-state index contributed by atoms with van der Waals surface area (Å²) in [5.41, 5.74) is 4.69. The molecule has 0 bridgehead atoms. The van der Waals surface area contributed by atoms with Gasteiger partial charge in [-0.25, -0.2) is 0 Å². The number of phenols is 2. The van der Waals surface area contributed by atoms with Gasteiger partial charge in [0.05, 0.1) is 0 Å². The van der Waals surface area contributed by atoms with Gasteiger partial charge in [-0.05, 0) is 63.0 Å². The third kappa shape index (κ3) is 6.63. The molecule has 2 aromatic rings. The fourth-order valence-corrected chi connectivity index (χ4v) is 4.25. The first-order valence-corrected chi connectivity index (χ1v) is 12.2. The monoisotopic (exact) mass is 468 g/mol. The number of Topliss-reactive ketones (excluding diaryl/α,β-unsaturated/α-hetero) is 1. The van der Waals surface area contributed by atoms with Crippen LogP contribution >= 0.6 is 0 Å². The zero-order valence-corrected chi connectivity index (χ0v) is 22.8. The van der Waals surface area contributed by atoms with E-state index in [9.17, 15) is 20.1 Å². The molecule has 0 amide bonds. The summed E-state index contributed by atoms with van der Waals surface area (Å²) in [5.74, 6) is 0.435. The van der Waals surface area contributed by atoms with E-state index in [0.29, 0.717) is 18.6 Å². The van der Waals surface area contributed by atoms with Crippen molar-refractivity contribution in [1.82, 2.24) is 0 Å². The lowest BCUT2D eigenvalue weighted by atomic mass is 9.77. The van der Waals surface area contributed by atoms with E-state index in [1.807, 2.05) is 24.3 Å². The maximum atomic E-state index is 12.0. The molecule has 2 rings (SSSR count). The van der Waals surface area contributed by atoms with Crippen molar-refractivity contribution in [3.05, 3.63) is 57.6 Å². The maximum absolute atomic E-state index is 12.0. The van der Waals surface area contributed by atoms with Crippen molar-refractivity contribution in [1.29, 1.82) is 0 Å². The third-order valence-electron chi connectivity index (χ3n) is 6.36. The molecule has 188 valence electrons. The van der Waals surface area contributed by atoms with Gasteiger partial charge in [0.1, 0.15) is 17.6 Å². The highest BCUT2D eigenvalue weighted by Gasteiger charge is 2.27. The predicted octanol–water partition coefficient (Wildman–Crippen LogP) is 6.46. The first kappa shape index (κ1) is 27.9. The van der Waals surface area contributed by atoms with Gasteiger partial charge in [-0.3, -0.25) is 4.79 Å². The maximum Gasteiger partial charge on any atom is 0.161 e. The molecule has 0 spiro atoms. The topological polar surface area (TPSA) is 77.8 Å². The molecule has 3 N–H and O–H groups in total. The number of carbonyl (C=O) groups excluding carboxylic acids is 1. The van der Waals surface area contributed by atoms with Crippen LogP contribution < -0.4 is 0 Å². The van der Waals surface area contributed by atoms with Crippen LogP contribution in [-0.2, 0) is 33.9 Å². The minimum atomic E-state index is -0.970. The number of carbonyl (C=O) groups is 1. The Morgan fingerprint density at radius 2 is 1.15 bits per heavy atom. The van der Waals surface area contributed by atoms with Crippen molar-refractivity contribution >= 4 is 5.78 Å². The Labute approximate surface area is 206 Å². The molecule has 0 aliphatic rings. The van der Waals surface area contributed by atoms with Crippen LogP contribution in [0.5, 0.6) is 11.5 Å². The minimum Gasteiger partial charge on any atom is -0.507 e. The summed E-state index contributed by atoms with van der Waals surface area (Å²) in [6.07, 6.45) is 0.310. The quantitative estimate of drug-likeness (QED) is 0.454. The standard InChI is InChI=1S/C30H44O4/c1-18(31)25(32)12-11-19-13-21(26(33)22(15-19)28(2,3)4)14-20-16-23(29(5,6)7)27(34)24(17-20)30(8,9)10/h13,15-18,31,33-34H,11-12,14H2,1-10H3. The van der Waals surface area contributed by atoms with Crippen molar-refractivity contribution in [3.63, 3.8) is 0 Å². The number of aliphatic hydroxyl groups is 1. The fraction of sp³-hybridized carbons (Fsp3) is 0.567. The van der Waals surface area contributed by atoms with Crippen LogP contribution in [-0.4, -0.2) is 27.2 Å². The second-order valence-corrected chi connectivity index (χ2v) is 12.8. The van der Waals surface area contributed by atoms with Crippen molar-refractivity contribution in [2.45, 2.75) is 111 Å². The molecule has 0 fully saturated rings. The number of hydrogen-bond donors (Lipinski definition) is 3. The molecule has 1 unspecified atom stereocenters. The number of aryl methyl sites for hydroxylation is 1. The lowest BCUT2D eigenvalue weighted by molar-refractivity contribution is -0.126. The van der Waals surface area contributed by atoms with Gasteiger partial charge in [0, 0.05) is 12.8 Å². The van der Waals surface area contributed by atoms with Gasteiger partial charge in [0.25, 0.3) is 0 Å². The average Bonchev–Trinajstić information content (AvgIpc) is 2.66. The van der Waals surface area contributed by atoms with Crippen molar-refractivity contribution in [2.24, 2.45) is 0 Å². The van der Waals surface area contributed by atoms with E-state index in [1.54, 1.807) is 0 Å². The van der Waals surface area contributed by atoms with Crippen LogP contribution in [0.25, 0.3) is 0 Å². The largest absolute Gasteiger partial charge is 0.507 e. The van der Waals surface area contributed by atoms with Gasteiger partial charge >= 0.3 is 0 Å².